The van der Waals surface area contributed by atoms with Gasteiger partial charge in [0.25, 0.3) is 0 Å². The Kier molecular flexibility index (Phi) is 2.76. The lowest BCUT2D eigenvalue weighted by Gasteiger charge is -2.43. The van der Waals surface area contributed by atoms with Crippen LogP contribution < -0.4 is 10.2 Å². The highest BCUT2D eigenvalue weighted by Gasteiger charge is 2.37. The Bertz CT molecular complexity index is 474. The van der Waals surface area contributed by atoms with Crippen LogP contribution in [-0.2, 0) is 9.59 Å². The van der Waals surface area contributed by atoms with Gasteiger partial charge in [0.05, 0.1) is 12.6 Å². The van der Waals surface area contributed by atoms with Gasteiger partial charge in [0.1, 0.15) is 6.54 Å². The average Bonchev–Trinajstić information content (AvgIpc) is 2.40. The minimum absolute atomic E-state index is 0.00676. The molecule has 18 heavy (non-hydrogen) atoms. The van der Waals surface area contributed by atoms with E-state index in [-0.39, 0.29) is 24.4 Å². The third-order valence-electron chi connectivity index (χ3n) is 3.49. The van der Waals surface area contributed by atoms with Gasteiger partial charge in [-0.3, -0.25) is 9.59 Å². The number of nitrogens with zero attached hydrogens (tertiary/aromatic N) is 2. The maximum atomic E-state index is 12.1. The van der Waals surface area contributed by atoms with E-state index in [4.69, 9.17) is 0 Å². The van der Waals surface area contributed by atoms with E-state index in [9.17, 15) is 9.59 Å². The number of hydrogen-bond acceptors (Lipinski definition) is 3. The third kappa shape index (κ3) is 1.86. The number of hydrogen-bond donors (Lipinski definition) is 1. The summed E-state index contributed by atoms with van der Waals surface area (Å²) in [5.74, 6) is 0.0139. The molecule has 2 heterocycles. The second-order valence-electron chi connectivity index (χ2n) is 4.65. The summed E-state index contributed by atoms with van der Waals surface area (Å²) in [7, 11) is 0. The summed E-state index contributed by atoms with van der Waals surface area (Å²) in [5, 5.41) is 3.09. The Hall–Kier alpha value is -1.88. The third-order valence-corrected chi connectivity index (χ3v) is 3.49. The first kappa shape index (κ1) is 11.2. The lowest BCUT2D eigenvalue weighted by atomic mass is 10.1. The molecule has 1 atom stereocenters. The Morgan fingerprint density at radius 1 is 1.11 bits per heavy atom. The minimum Gasteiger partial charge on any atom is -0.326 e. The number of carbonyl (C=O) groups excluding carboxylic acids is 2. The number of fused-ring (bicyclic) bond motifs is 1. The number of nitrogens with one attached hydrogen (secondary N) is 1. The fourth-order valence-corrected chi connectivity index (χ4v) is 2.54. The lowest BCUT2D eigenvalue weighted by Crippen LogP contribution is -2.65. The molecule has 1 N–H and O–H groups in total. The van der Waals surface area contributed by atoms with Gasteiger partial charge < -0.3 is 15.1 Å². The van der Waals surface area contributed by atoms with Gasteiger partial charge in [0.15, 0.2) is 0 Å². The Morgan fingerprint density at radius 3 is 2.67 bits per heavy atom. The van der Waals surface area contributed by atoms with Crippen LogP contribution in [0.15, 0.2) is 30.3 Å². The van der Waals surface area contributed by atoms with Crippen molar-refractivity contribution in [3.63, 3.8) is 0 Å². The van der Waals surface area contributed by atoms with Gasteiger partial charge in [-0.05, 0) is 12.1 Å². The van der Waals surface area contributed by atoms with Crippen molar-refractivity contribution >= 4 is 17.5 Å². The summed E-state index contributed by atoms with van der Waals surface area (Å²) < 4.78 is 0. The quantitative estimate of drug-likeness (QED) is 0.747. The van der Waals surface area contributed by atoms with Crippen LogP contribution in [0.1, 0.15) is 0 Å². The van der Waals surface area contributed by atoms with Crippen LogP contribution in [0, 0.1) is 0 Å². The summed E-state index contributed by atoms with van der Waals surface area (Å²) >= 11 is 0. The number of benzene rings is 1. The number of amides is 2. The topological polar surface area (TPSA) is 52.7 Å². The zero-order valence-corrected chi connectivity index (χ0v) is 10.0. The fourth-order valence-electron chi connectivity index (χ4n) is 2.54. The van der Waals surface area contributed by atoms with Crippen molar-refractivity contribution in [3.8, 4) is 0 Å². The molecule has 0 saturated carbocycles. The molecule has 0 aromatic heterocycles. The highest BCUT2D eigenvalue weighted by atomic mass is 16.2. The maximum absolute atomic E-state index is 12.1. The first-order chi connectivity index (χ1) is 8.75. The van der Waals surface area contributed by atoms with E-state index in [1.54, 1.807) is 9.80 Å². The normalized spacial score (nSPS) is 24.1. The Labute approximate surface area is 105 Å². The largest absolute Gasteiger partial charge is 0.326 e. The minimum atomic E-state index is -0.00676. The highest BCUT2D eigenvalue weighted by molar-refractivity contribution is 5.98. The van der Waals surface area contributed by atoms with Crippen molar-refractivity contribution < 1.29 is 9.59 Å². The van der Waals surface area contributed by atoms with E-state index in [1.165, 1.54) is 0 Å². The van der Waals surface area contributed by atoms with Gasteiger partial charge in [-0.2, -0.15) is 0 Å². The molecule has 5 nitrogen and oxygen atoms in total. The number of rotatable bonds is 1. The molecule has 1 unspecified atom stereocenters. The second-order valence-corrected chi connectivity index (χ2v) is 4.65. The molecule has 3 rings (SSSR count). The Morgan fingerprint density at radius 2 is 1.89 bits per heavy atom. The second kappa shape index (κ2) is 4.42. The fraction of sp³-hybridized carbons (Fsp3) is 0.385. The lowest BCUT2D eigenvalue weighted by molar-refractivity contribution is -0.141. The van der Waals surface area contributed by atoms with Crippen molar-refractivity contribution in [1.82, 2.24) is 10.2 Å². The number of anilines is 1. The van der Waals surface area contributed by atoms with Gasteiger partial charge >= 0.3 is 0 Å². The van der Waals surface area contributed by atoms with Gasteiger partial charge in [0.2, 0.25) is 11.8 Å². The predicted molar refractivity (Wildman–Crippen MR) is 67.2 cm³/mol. The van der Waals surface area contributed by atoms with Crippen molar-refractivity contribution in [2.45, 2.75) is 6.04 Å². The van der Waals surface area contributed by atoms with Crippen LogP contribution in [0.4, 0.5) is 5.69 Å². The number of carbonyl (C=O) groups is 2. The van der Waals surface area contributed by atoms with E-state index >= 15 is 0 Å². The molecule has 1 aromatic carbocycles. The smallest absolute Gasteiger partial charge is 0.246 e. The molecule has 2 aliphatic heterocycles. The van der Waals surface area contributed by atoms with Crippen LogP contribution in [0.2, 0.25) is 0 Å². The highest BCUT2D eigenvalue weighted by Crippen LogP contribution is 2.20. The van der Waals surface area contributed by atoms with Crippen LogP contribution in [-0.4, -0.2) is 48.9 Å². The van der Waals surface area contributed by atoms with E-state index in [1.807, 2.05) is 30.3 Å². The van der Waals surface area contributed by atoms with Gasteiger partial charge in [0, 0.05) is 18.8 Å². The molecule has 0 radical (unpaired) electrons. The SMILES string of the molecule is O=C1CN2C(=O)CNCC2CN1c1ccccc1. The van der Waals surface area contributed by atoms with E-state index in [0.29, 0.717) is 13.1 Å². The number of para-hydroxylation sites is 1. The predicted octanol–water partition coefficient (Wildman–Crippen LogP) is -0.166. The molecule has 1 aromatic rings. The molecular weight excluding hydrogens is 230 g/mol. The first-order valence-corrected chi connectivity index (χ1v) is 6.11. The summed E-state index contributed by atoms with van der Waals surface area (Å²) in [6.07, 6.45) is 0. The standard InChI is InChI=1S/C13H15N3O2/c17-12-7-14-6-11-8-15(13(18)9-16(11)12)10-4-2-1-3-5-10/h1-5,11,14H,6-9H2. The molecule has 0 aliphatic carbocycles. The maximum Gasteiger partial charge on any atom is 0.246 e. The van der Waals surface area contributed by atoms with Crippen LogP contribution in [0.25, 0.3) is 0 Å². The van der Waals surface area contributed by atoms with Crippen molar-refractivity contribution in [3.05, 3.63) is 30.3 Å². The van der Waals surface area contributed by atoms with Crippen LogP contribution in [0.3, 0.4) is 0 Å². The Balaban J connectivity index is 1.83. The molecule has 2 amide bonds. The zero-order valence-electron chi connectivity index (χ0n) is 10.0. The van der Waals surface area contributed by atoms with Crippen LogP contribution in [0.5, 0.6) is 0 Å². The van der Waals surface area contributed by atoms with Crippen LogP contribution >= 0.6 is 0 Å². The summed E-state index contributed by atoms with van der Waals surface area (Å²) in [4.78, 5) is 27.3. The molecule has 2 fully saturated rings. The molecule has 0 bridgehead atoms. The average molecular weight is 245 g/mol. The molecule has 94 valence electrons. The number of piperazine rings is 2. The summed E-state index contributed by atoms with van der Waals surface area (Å²) in [5.41, 5.74) is 0.903. The molecule has 5 heteroatoms. The van der Waals surface area contributed by atoms with Crippen molar-refractivity contribution in [2.75, 3.05) is 31.1 Å². The van der Waals surface area contributed by atoms with Gasteiger partial charge in [-0.15, -0.1) is 0 Å². The zero-order chi connectivity index (χ0) is 12.5. The van der Waals surface area contributed by atoms with E-state index in [0.717, 1.165) is 12.2 Å². The van der Waals surface area contributed by atoms with Gasteiger partial charge in [-0.1, -0.05) is 18.2 Å². The summed E-state index contributed by atoms with van der Waals surface area (Å²) in [6.45, 7) is 1.86. The first-order valence-electron chi connectivity index (χ1n) is 6.11. The summed E-state index contributed by atoms with van der Waals surface area (Å²) in [6, 6.07) is 9.69. The van der Waals surface area contributed by atoms with Crippen molar-refractivity contribution in [2.24, 2.45) is 0 Å². The van der Waals surface area contributed by atoms with E-state index in [2.05, 4.69) is 5.32 Å². The van der Waals surface area contributed by atoms with E-state index < -0.39 is 0 Å². The van der Waals surface area contributed by atoms with Gasteiger partial charge in [-0.25, -0.2) is 0 Å². The monoisotopic (exact) mass is 245 g/mol. The molecule has 2 saturated heterocycles. The molecule has 2 aliphatic rings. The van der Waals surface area contributed by atoms with Crippen molar-refractivity contribution in [1.29, 1.82) is 0 Å². The molecule has 0 spiro atoms. The molecular formula is C13H15N3O2.